The fourth-order valence-corrected chi connectivity index (χ4v) is 1.43. The molecule has 0 heterocycles. The Bertz CT molecular complexity index is 329. The van der Waals surface area contributed by atoms with E-state index in [0.717, 1.165) is 25.7 Å². The van der Waals surface area contributed by atoms with Crippen LogP contribution in [0.1, 0.15) is 81.1 Å². The van der Waals surface area contributed by atoms with E-state index in [1.165, 1.54) is 0 Å². The zero-order valence-corrected chi connectivity index (χ0v) is 21.3. The average molecular weight is 449 g/mol. The minimum Gasteiger partial charge on any atom is -0.481 e. The van der Waals surface area contributed by atoms with Gasteiger partial charge in [0.25, 0.3) is 0 Å². The molecule has 1 aromatic carbocycles. The molecule has 0 amide bonds. The molecule has 5 nitrogen and oxygen atoms in total. The summed E-state index contributed by atoms with van der Waals surface area (Å²) in [5.74, 6) is -0.737. The van der Waals surface area contributed by atoms with E-state index in [9.17, 15) is 4.79 Å². The quantitative estimate of drug-likeness (QED) is 0.377. The Labute approximate surface area is 194 Å². The van der Waals surface area contributed by atoms with Crippen molar-refractivity contribution in [3.8, 4) is 0 Å². The van der Waals surface area contributed by atoms with Crippen LogP contribution in [0.4, 0.5) is 0 Å². The van der Waals surface area contributed by atoms with E-state index in [0.29, 0.717) is 0 Å². The molecule has 0 spiro atoms. The maximum absolute atomic E-state index is 10.5. The molecule has 29 heavy (non-hydrogen) atoms. The molecule has 6 heteroatoms. The van der Waals surface area contributed by atoms with Crippen LogP contribution in [-0.2, 0) is 26.5 Å². The van der Waals surface area contributed by atoms with E-state index in [1.807, 2.05) is 44.2 Å². The number of hydrogen-bond acceptors (Lipinski definition) is 4. The summed E-state index contributed by atoms with van der Waals surface area (Å²) in [7, 11) is 0. The van der Waals surface area contributed by atoms with Crippen molar-refractivity contribution in [2.75, 3.05) is 0 Å². The van der Waals surface area contributed by atoms with Crippen LogP contribution in [-0.4, -0.2) is 44.7 Å². The van der Waals surface area contributed by atoms with Crippen molar-refractivity contribution in [2.45, 2.75) is 99.4 Å². The maximum Gasteiger partial charge on any atom is 0.306 e. The molecule has 0 saturated carbocycles. The van der Waals surface area contributed by atoms with E-state index >= 15 is 0 Å². The Morgan fingerprint density at radius 3 is 1.14 bits per heavy atom. The number of aliphatic carboxylic acids is 1. The van der Waals surface area contributed by atoms with Crippen LogP contribution in [0.15, 0.2) is 30.3 Å². The van der Waals surface area contributed by atoms with Gasteiger partial charge in [-0.2, -0.15) is 36.4 Å². The van der Waals surface area contributed by atoms with Crippen molar-refractivity contribution in [3.63, 3.8) is 0 Å². The van der Waals surface area contributed by atoms with Gasteiger partial charge in [-0.1, -0.05) is 26.7 Å². The largest absolute Gasteiger partial charge is 0.481 e. The molecule has 0 fully saturated rings. The van der Waals surface area contributed by atoms with Crippen LogP contribution in [0.3, 0.4) is 0 Å². The van der Waals surface area contributed by atoms with E-state index in [4.69, 9.17) is 20.4 Å². The zero-order chi connectivity index (χ0) is 23.0. The van der Waals surface area contributed by atoms with Crippen LogP contribution in [0, 0.1) is 12.0 Å². The number of aliphatic hydroxyl groups excluding tert-OH is 3. The number of benzene rings is 1. The molecule has 0 aliphatic carbocycles. The van der Waals surface area contributed by atoms with Gasteiger partial charge in [-0.05, 0) is 54.4 Å². The Balaban J connectivity index is -0.0000000876. The number of carboxylic acids is 1. The van der Waals surface area contributed by atoms with Crippen molar-refractivity contribution in [3.05, 3.63) is 36.4 Å². The Morgan fingerprint density at radius 2 is 1.03 bits per heavy atom. The molecule has 0 radical (unpaired) electrons. The second-order valence-electron chi connectivity index (χ2n) is 6.97. The molecule has 1 rings (SSSR count). The monoisotopic (exact) mass is 449 g/mol. The molecule has 0 aliphatic rings. The first-order chi connectivity index (χ1) is 12.9. The Hall–Kier alpha value is -0.716. The molecular weight excluding hydrogens is 404 g/mol. The van der Waals surface area contributed by atoms with E-state index < -0.39 is 5.97 Å². The van der Waals surface area contributed by atoms with Crippen molar-refractivity contribution < 1.29 is 46.9 Å². The van der Waals surface area contributed by atoms with Gasteiger partial charge in [0.1, 0.15) is 0 Å². The first-order valence-corrected chi connectivity index (χ1v) is 10.1. The van der Waals surface area contributed by atoms with Gasteiger partial charge in [-0.15, -0.1) is 0 Å². The summed E-state index contributed by atoms with van der Waals surface area (Å²) < 4.78 is 0. The molecule has 0 bridgehead atoms. The fourth-order valence-electron chi connectivity index (χ4n) is 1.43. The predicted octanol–water partition coefficient (Wildman–Crippen LogP) is 4.93. The molecule has 0 aliphatic heterocycles. The summed E-state index contributed by atoms with van der Waals surface area (Å²) in [5, 5.41) is 32.8. The third-order valence-corrected chi connectivity index (χ3v) is 2.23. The second-order valence-corrected chi connectivity index (χ2v) is 6.97. The van der Waals surface area contributed by atoms with Gasteiger partial charge in [0.15, 0.2) is 0 Å². The number of aliphatic hydroxyl groups is 3. The summed E-state index contributed by atoms with van der Waals surface area (Å²) in [6, 6.07) is 12.5. The molecule has 0 unspecified atom stereocenters. The molecule has 0 saturated heterocycles. The second kappa shape index (κ2) is 32.0. The molecule has 1 aromatic rings. The van der Waals surface area contributed by atoms with E-state index in [2.05, 4.69) is 6.07 Å². The summed E-state index contributed by atoms with van der Waals surface area (Å²) in [5.41, 5.74) is 0. The molecule has 172 valence electrons. The number of rotatable bonds is 5. The third kappa shape index (κ3) is 74.7. The minimum absolute atomic E-state index is 0. The van der Waals surface area contributed by atoms with E-state index in [-0.39, 0.29) is 45.9 Å². The average Bonchev–Trinajstić information content (AvgIpc) is 2.55. The van der Waals surface area contributed by atoms with Crippen LogP contribution in [0.5, 0.6) is 0 Å². The molecule has 4 N–H and O–H groups in total. The molecule has 0 atom stereocenters. The van der Waals surface area contributed by atoms with Crippen LogP contribution in [0.2, 0.25) is 0 Å². The molecule has 0 aromatic heterocycles. The van der Waals surface area contributed by atoms with Crippen LogP contribution in [0.25, 0.3) is 0 Å². The summed E-state index contributed by atoms with van der Waals surface area (Å²) in [4.78, 5) is 10.5. The van der Waals surface area contributed by atoms with Gasteiger partial charge < -0.3 is 20.4 Å². The van der Waals surface area contributed by atoms with Gasteiger partial charge in [0.2, 0.25) is 0 Å². The predicted molar refractivity (Wildman–Crippen MR) is 118 cm³/mol. The zero-order valence-electron chi connectivity index (χ0n) is 19.7. The maximum atomic E-state index is 10.5. The fraction of sp³-hybridized carbons (Fsp3) is 0.696. The topological polar surface area (TPSA) is 98.0 Å². The van der Waals surface area contributed by atoms with Gasteiger partial charge in [-0.25, -0.2) is 0 Å². The van der Waals surface area contributed by atoms with Gasteiger partial charge >= 0.3 is 5.97 Å². The first-order valence-electron chi connectivity index (χ1n) is 10.1. The first kappa shape index (κ1) is 38.8. The normalized spacial score (nSPS) is 8.93. The Morgan fingerprint density at radius 1 is 0.759 bits per heavy atom. The summed E-state index contributed by atoms with van der Waals surface area (Å²) >= 11 is 0. The third-order valence-electron chi connectivity index (χ3n) is 2.23. The van der Waals surface area contributed by atoms with Crippen LogP contribution >= 0.6 is 0 Å². The SMILES string of the molecule is CC(C)O.CC(C)O.CC(C)O.CCCC(CCC)C(=O)O.[Ti].[c-]1ccccc1. The van der Waals surface area contributed by atoms with Gasteiger partial charge in [0.05, 0.1) is 5.92 Å². The standard InChI is InChI=1S/C8H16O2.C6H5.3C3H8O.Ti/c1-3-5-7(6-4-2)8(9)10;1-2-4-6-5-3-1;3*1-3(2)4;/h7H,3-6H2,1-2H3,(H,9,10);1-5H;3*3-4H,1-2H3;/q;-1;;;;. The number of carbonyl (C=O) groups is 1. The van der Waals surface area contributed by atoms with Crippen molar-refractivity contribution in [2.24, 2.45) is 5.92 Å². The van der Waals surface area contributed by atoms with Crippen LogP contribution < -0.4 is 0 Å². The van der Waals surface area contributed by atoms with Crippen molar-refractivity contribution in [1.82, 2.24) is 0 Å². The smallest absolute Gasteiger partial charge is 0.306 e. The Kier molecular flexibility index (Phi) is 42.8. The number of hydrogen-bond donors (Lipinski definition) is 4. The summed E-state index contributed by atoms with van der Waals surface area (Å²) in [6.45, 7) is 14.4. The number of carboxylic acid groups (broad SMARTS) is 1. The van der Waals surface area contributed by atoms with E-state index in [1.54, 1.807) is 41.5 Å². The van der Waals surface area contributed by atoms with Crippen molar-refractivity contribution in [1.29, 1.82) is 0 Å². The molecular formula is C23H45O5Ti-. The minimum atomic E-state index is -0.635. The van der Waals surface area contributed by atoms with Gasteiger partial charge in [0, 0.05) is 40.0 Å². The summed E-state index contributed by atoms with van der Waals surface area (Å²) in [6.07, 6.45) is 3.08. The van der Waals surface area contributed by atoms with Gasteiger partial charge in [-0.3, -0.25) is 4.79 Å². The van der Waals surface area contributed by atoms with Crippen molar-refractivity contribution >= 4 is 5.97 Å².